The second kappa shape index (κ2) is 14.5. The fraction of sp³-hybridized carbons (Fsp3) is 0.941. The van der Waals surface area contributed by atoms with Gasteiger partial charge in [-0.2, -0.15) is 13.2 Å². The number of amides is 1. The molecule has 0 fully saturated rings. The zero-order chi connectivity index (χ0) is 18.3. The van der Waals surface area contributed by atoms with Crippen molar-refractivity contribution in [2.24, 2.45) is 0 Å². The third-order valence-electron chi connectivity index (χ3n) is 3.79. The summed E-state index contributed by atoms with van der Waals surface area (Å²) < 4.78 is 40.6. The van der Waals surface area contributed by atoms with E-state index < -0.39 is 12.6 Å². The minimum Gasteiger partial charge on any atom is -0.396 e. The molecule has 1 N–H and O–H groups in total. The number of unbranched alkanes of at least 4 members (excludes halogenated alkanes) is 6. The number of halogens is 3. The molecule has 1 amide bonds. The van der Waals surface area contributed by atoms with Crippen LogP contribution >= 0.6 is 0 Å². The second-order valence-corrected chi connectivity index (χ2v) is 6.09. The molecule has 0 aromatic heterocycles. The van der Waals surface area contributed by atoms with Crippen LogP contribution in [-0.4, -0.2) is 55.5 Å². The summed E-state index contributed by atoms with van der Waals surface area (Å²) in [7, 11) is 1.81. The third kappa shape index (κ3) is 16.1. The number of hydrogen-bond acceptors (Lipinski definition) is 3. The fourth-order valence-corrected chi connectivity index (χ4v) is 2.25. The Kier molecular flexibility index (Phi) is 14.0. The molecule has 0 aliphatic rings. The van der Waals surface area contributed by atoms with Crippen molar-refractivity contribution in [3.05, 3.63) is 0 Å². The molecule has 0 radical (unpaired) electrons. The number of carbonyl (C=O) groups is 1. The van der Waals surface area contributed by atoms with Gasteiger partial charge in [0.1, 0.15) is 0 Å². The lowest BCUT2D eigenvalue weighted by molar-refractivity contribution is -0.145. The van der Waals surface area contributed by atoms with Gasteiger partial charge in [-0.3, -0.25) is 4.79 Å². The van der Waals surface area contributed by atoms with Gasteiger partial charge in [0.25, 0.3) is 0 Å². The molecule has 0 saturated heterocycles. The van der Waals surface area contributed by atoms with Gasteiger partial charge in [0.05, 0.1) is 13.0 Å². The summed E-state index contributed by atoms with van der Waals surface area (Å²) in [5, 5.41) is 8.68. The Bertz CT molecular complexity index is 312. The smallest absolute Gasteiger partial charge is 0.391 e. The van der Waals surface area contributed by atoms with Gasteiger partial charge >= 0.3 is 6.18 Å². The molecule has 0 unspecified atom stereocenters. The average molecular weight is 355 g/mol. The minimum atomic E-state index is -4.15. The summed E-state index contributed by atoms with van der Waals surface area (Å²) in [5.41, 5.74) is 0. The Hall–Kier alpha value is -0.820. The van der Waals surface area contributed by atoms with Crippen molar-refractivity contribution in [3.63, 3.8) is 0 Å². The van der Waals surface area contributed by atoms with E-state index in [2.05, 4.69) is 0 Å². The standard InChI is InChI=1S/C17H32F3NO3/c1-21(12-7-3-4-8-13-22)16(23)10-6-2-5-9-14-24-15-11-17(18,19)20/h22H,2-15H2,1H3. The predicted molar refractivity (Wildman–Crippen MR) is 87.8 cm³/mol. The Morgan fingerprint density at radius 1 is 0.958 bits per heavy atom. The van der Waals surface area contributed by atoms with Gasteiger partial charge in [0, 0.05) is 33.2 Å². The number of carbonyl (C=O) groups excluding carboxylic acids is 1. The maximum Gasteiger partial charge on any atom is 0.391 e. The van der Waals surface area contributed by atoms with Crippen LogP contribution in [0, 0.1) is 0 Å². The number of ether oxygens (including phenoxy) is 1. The maximum atomic E-state index is 11.9. The van der Waals surface area contributed by atoms with E-state index in [0.29, 0.717) is 13.0 Å². The maximum absolute atomic E-state index is 11.9. The first-order chi connectivity index (χ1) is 11.4. The molecule has 0 saturated carbocycles. The van der Waals surface area contributed by atoms with Crippen LogP contribution in [0.15, 0.2) is 0 Å². The van der Waals surface area contributed by atoms with E-state index in [1.54, 1.807) is 4.90 Å². The van der Waals surface area contributed by atoms with Gasteiger partial charge in [-0.25, -0.2) is 0 Å². The number of aliphatic hydroxyl groups is 1. The average Bonchev–Trinajstić information content (AvgIpc) is 2.51. The molecule has 144 valence electrons. The van der Waals surface area contributed by atoms with E-state index in [1.807, 2.05) is 7.05 Å². The monoisotopic (exact) mass is 355 g/mol. The Labute approximate surface area is 143 Å². The number of hydrogen-bond donors (Lipinski definition) is 1. The molecule has 0 aliphatic heterocycles. The SMILES string of the molecule is CN(CCCCCCO)C(=O)CCCCCCOCCC(F)(F)F. The number of alkyl halides is 3. The first-order valence-corrected chi connectivity index (χ1v) is 8.86. The zero-order valence-corrected chi connectivity index (χ0v) is 14.7. The van der Waals surface area contributed by atoms with Crippen LogP contribution in [-0.2, 0) is 9.53 Å². The van der Waals surface area contributed by atoms with Crippen molar-refractivity contribution in [2.75, 3.05) is 33.4 Å². The topological polar surface area (TPSA) is 49.8 Å². The third-order valence-corrected chi connectivity index (χ3v) is 3.79. The molecule has 0 rings (SSSR count). The quantitative estimate of drug-likeness (QED) is 0.453. The lowest BCUT2D eigenvalue weighted by Crippen LogP contribution is -2.27. The first kappa shape index (κ1) is 23.2. The molecular formula is C17H32F3NO3. The van der Waals surface area contributed by atoms with E-state index >= 15 is 0 Å². The van der Waals surface area contributed by atoms with Crippen LogP contribution in [0.5, 0.6) is 0 Å². The van der Waals surface area contributed by atoms with Crippen molar-refractivity contribution >= 4 is 5.91 Å². The van der Waals surface area contributed by atoms with Gasteiger partial charge in [-0.1, -0.05) is 25.7 Å². The Morgan fingerprint density at radius 2 is 1.58 bits per heavy atom. The largest absolute Gasteiger partial charge is 0.396 e. The normalized spacial score (nSPS) is 11.7. The lowest BCUT2D eigenvalue weighted by atomic mass is 10.1. The molecular weight excluding hydrogens is 323 g/mol. The summed E-state index contributed by atoms with van der Waals surface area (Å²) in [5.74, 6) is 0.138. The first-order valence-electron chi connectivity index (χ1n) is 8.86. The van der Waals surface area contributed by atoms with Crippen LogP contribution in [0.3, 0.4) is 0 Å². The Balaban J connectivity index is 3.39. The van der Waals surface area contributed by atoms with Crippen molar-refractivity contribution in [2.45, 2.75) is 70.4 Å². The van der Waals surface area contributed by atoms with Gasteiger partial charge < -0.3 is 14.7 Å². The van der Waals surface area contributed by atoms with Crippen LogP contribution in [0.4, 0.5) is 13.2 Å². The van der Waals surface area contributed by atoms with E-state index in [1.165, 1.54) is 0 Å². The molecule has 0 aromatic carbocycles. The number of nitrogens with zero attached hydrogens (tertiary/aromatic N) is 1. The van der Waals surface area contributed by atoms with Crippen LogP contribution in [0.2, 0.25) is 0 Å². The van der Waals surface area contributed by atoms with E-state index in [0.717, 1.165) is 57.9 Å². The second-order valence-electron chi connectivity index (χ2n) is 6.09. The Morgan fingerprint density at radius 3 is 2.25 bits per heavy atom. The highest BCUT2D eigenvalue weighted by Gasteiger charge is 2.26. The van der Waals surface area contributed by atoms with E-state index in [4.69, 9.17) is 9.84 Å². The van der Waals surface area contributed by atoms with Crippen LogP contribution in [0.1, 0.15) is 64.2 Å². The molecule has 0 bridgehead atoms. The molecule has 0 heterocycles. The molecule has 4 nitrogen and oxygen atoms in total. The summed E-state index contributed by atoms with van der Waals surface area (Å²) in [6.45, 7) is 1.04. The van der Waals surface area contributed by atoms with Gasteiger partial charge in [-0.05, 0) is 25.7 Å². The number of aliphatic hydroxyl groups excluding tert-OH is 1. The van der Waals surface area contributed by atoms with Crippen molar-refractivity contribution in [1.29, 1.82) is 0 Å². The summed E-state index contributed by atoms with van der Waals surface area (Å²) >= 11 is 0. The molecule has 7 heteroatoms. The van der Waals surface area contributed by atoms with Crippen LogP contribution < -0.4 is 0 Å². The highest BCUT2D eigenvalue weighted by atomic mass is 19.4. The molecule has 0 aromatic rings. The van der Waals surface area contributed by atoms with Crippen molar-refractivity contribution in [1.82, 2.24) is 4.90 Å². The van der Waals surface area contributed by atoms with Gasteiger partial charge in [-0.15, -0.1) is 0 Å². The summed E-state index contributed by atoms with van der Waals surface area (Å²) in [4.78, 5) is 13.6. The minimum absolute atomic E-state index is 0.138. The van der Waals surface area contributed by atoms with Gasteiger partial charge in [0.15, 0.2) is 0 Å². The molecule has 24 heavy (non-hydrogen) atoms. The molecule has 0 atom stereocenters. The molecule has 0 aliphatic carbocycles. The highest BCUT2D eigenvalue weighted by Crippen LogP contribution is 2.19. The zero-order valence-electron chi connectivity index (χ0n) is 14.7. The fourth-order valence-electron chi connectivity index (χ4n) is 2.25. The van der Waals surface area contributed by atoms with E-state index in [-0.39, 0.29) is 19.1 Å². The lowest BCUT2D eigenvalue weighted by Gasteiger charge is -2.17. The van der Waals surface area contributed by atoms with Crippen LogP contribution in [0.25, 0.3) is 0 Å². The predicted octanol–water partition coefficient (Wildman–Crippen LogP) is 3.92. The summed E-state index contributed by atoms with van der Waals surface area (Å²) in [6.07, 6.45) is 2.54. The highest BCUT2D eigenvalue weighted by molar-refractivity contribution is 5.75. The number of rotatable bonds is 15. The van der Waals surface area contributed by atoms with E-state index in [9.17, 15) is 18.0 Å². The molecule has 0 spiro atoms. The summed E-state index contributed by atoms with van der Waals surface area (Å²) in [6, 6.07) is 0. The van der Waals surface area contributed by atoms with Crippen molar-refractivity contribution < 1.29 is 27.8 Å². The van der Waals surface area contributed by atoms with Gasteiger partial charge in [0.2, 0.25) is 5.91 Å². The van der Waals surface area contributed by atoms with Crippen molar-refractivity contribution in [3.8, 4) is 0 Å².